The molecule has 0 atom stereocenters. The summed E-state index contributed by atoms with van der Waals surface area (Å²) in [7, 11) is 0. The molecular formula is C12H11ClFNO2. The first-order valence-electron chi connectivity index (χ1n) is 5.34. The predicted octanol–water partition coefficient (Wildman–Crippen LogP) is 2.28. The molecule has 0 spiro atoms. The largest absolute Gasteiger partial charge is 0.331 e. The van der Waals surface area contributed by atoms with E-state index < -0.39 is 11.7 Å². The highest BCUT2D eigenvalue weighted by Crippen LogP contribution is 2.20. The Morgan fingerprint density at radius 1 is 1.41 bits per heavy atom. The summed E-state index contributed by atoms with van der Waals surface area (Å²) < 4.78 is 13.6. The Balaban J connectivity index is 2.24. The van der Waals surface area contributed by atoms with E-state index in [1.165, 1.54) is 23.1 Å². The first-order chi connectivity index (χ1) is 8.09. The molecule has 3 nitrogen and oxygen atoms in total. The Morgan fingerprint density at radius 3 is 2.88 bits per heavy atom. The van der Waals surface area contributed by atoms with Crippen molar-refractivity contribution in [2.75, 3.05) is 13.1 Å². The van der Waals surface area contributed by atoms with Crippen molar-refractivity contribution in [3.8, 4) is 0 Å². The van der Waals surface area contributed by atoms with Crippen molar-refractivity contribution < 1.29 is 14.0 Å². The molecule has 0 unspecified atom stereocenters. The van der Waals surface area contributed by atoms with E-state index in [9.17, 15) is 14.0 Å². The number of benzene rings is 1. The molecule has 0 bridgehead atoms. The van der Waals surface area contributed by atoms with Crippen molar-refractivity contribution in [3.05, 3.63) is 34.6 Å². The Kier molecular flexibility index (Phi) is 3.43. The highest BCUT2D eigenvalue weighted by molar-refractivity contribution is 6.31. The lowest BCUT2D eigenvalue weighted by molar-refractivity contribution is -0.121. The van der Waals surface area contributed by atoms with Gasteiger partial charge in [0.15, 0.2) is 11.6 Å². The van der Waals surface area contributed by atoms with E-state index >= 15 is 0 Å². The summed E-state index contributed by atoms with van der Waals surface area (Å²) in [6.45, 7) is 0.543. The summed E-state index contributed by atoms with van der Waals surface area (Å²) in [6.07, 6.45) is 1.12. The number of rotatable bonds is 1. The van der Waals surface area contributed by atoms with Gasteiger partial charge >= 0.3 is 0 Å². The molecule has 0 saturated carbocycles. The third kappa shape index (κ3) is 2.47. The standard InChI is InChI=1S/C12H11ClFNO2/c13-10-5-1-4-9(11(10)14)12(17)15-6-2-3-8(16)7-15/h1,4-5H,2-3,6-7H2. The molecule has 90 valence electrons. The molecular weight excluding hydrogens is 245 g/mol. The maximum absolute atomic E-state index is 13.6. The van der Waals surface area contributed by atoms with Crippen LogP contribution in [0.4, 0.5) is 4.39 Å². The van der Waals surface area contributed by atoms with Crippen LogP contribution in [-0.4, -0.2) is 29.7 Å². The number of ketones is 1. The van der Waals surface area contributed by atoms with E-state index in [2.05, 4.69) is 0 Å². The number of likely N-dealkylation sites (tertiary alicyclic amines) is 1. The fraction of sp³-hybridized carbons (Fsp3) is 0.333. The van der Waals surface area contributed by atoms with E-state index in [0.29, 0.717) is 19.4 Å². The molecule has 0 aliphatic carbocycles. The van der Waals surface area contributed by atoms with E-state index in [4.69, 9.17) is 11.6 Å². The van der Waals surface area contributed by atoms with Crippen LogP contribution in [0.15, 0.2) is 18.2 Å². The Bertz CT molecular complexity index is 476. The van der Waals surface area contributed by atoms with Crippen molar-refractivity contribution in [1.29, 1.82) is 0 Å². The first-order valence-corrected chi connectivity index (χ1v) is 5.72. The molecule has 1 aliphatic rings. The summed E-state index contributed by atoms with van der Waals surface area (Å²) in [5, 5.41) is -0.0841. The second kappa shape index (κ2) is 4.84. The summed E-state index contributed by atoms with van der Waals surface area (Å²) in [5.74, 6) is -1.19. The SMILES string of the molecule is O=C1CCCN(C(=O)c2cccc(Cl)c2F)C1. The van der Waals surface area contributed by atoms with E-state index in [1.807, 2.05) is 0 Å². The van der Waals surface area contributed by atoms with Gasteiger partial charge in [0.1, 0.15) is 0 Å². The number of carbonyl (C=O) groups excluding carboxylic acids is 2. The van der Waals surface area contributed by atoms with Gasteiger partial charge in [-0.15, -0.1) is 0 Å². The van der Waals surface area contributed by atoms with Crippen molar-refractivity contribution >= 4 is 23.3 Å². The molecule has 1 saturated heterocycles. The van der Waals surface area contributed by atoms with Crippen LogP contribution in [-0.2, 0) is 4.79 Å². The number of Topliss-reactive ketones (excluding diaryl/α,β-unsaturated/α-hetero) is 1. The molecule has 1 heterocycles. The third-order valence-electron chi connectivity index (χ3n) is 2.72. The highest BCUT2D eigenvalue weighted by atomic mass is 35.5. The Labute approximate surface area is 103 Å². The van der Waals surface area contributed by atoms with Crippen LogP contribution < -0.4 is 0 Å². The van der Waals surface area contributed by atoms with Crippen molar-refractivity contribution in [2.45, 2.75) is 12.8 Å². The monoisotopic (exact) mass is 255 g/mol. The number of amides is 1. The summed E-state index contributed by atoms with van der Waals surface area (Å²) in [5.41, 5.74) is -0.0767. The van der Waals surface area contributed by atoms with Crippen LogP contribution in [0.3, 0.4) is 0 Å². The van der Waals surface area contributed by atoms with Gasteiger partial charge in [-0.3, -0.25) is 9.59 Å². The van der Waals surface area contributed by atoms with Crippen LogP contribution in [0.5, 0.6) is 0 Å². The first kappa shape index (κ1) is 12.0. The summed E-state index contributed by atoms with van der Waals surface area (Å²) in [4.78, 5) is 24.6. The topological polar surface area (TPSA) is 37.4 Å². The summed E-state index contributed by atoms with van der Waals surface area (Å²) >= 11 is 5.61. The van der Waals surface area contributed by atoms with Gasteiger partial charge in [0.2, 0.25) is 0 Å². The molecule has 1 fully saturated rings. The number of hydrogen-bond donors (Lipinski definition) is 0. The molecule has 1 aromatic carbocycles. The lowest BCUT2D eigenvalue weighted by Gasteiger charge is -2.26. The molecule has 0 aromatic heterocycles. The Morgan fingerprint density at radius 2 is 2.18 bits per heavy atom. The van der Waals surface area contributed by atoms with Gasteiger partial charge in [-0.05, 0) is 18.6 Å². The van der Waals surface area contributed by atoms with Crippen molar-refractivity contribution in [1.82, 2.24) is 4.90 Å². The van der Waals surface area contributed by atoms with Gasteiger partial charge in [-0.1, -0.05) is 17.7 Å². The van der Waals surface area contributed by atoms with Gasteiger partial charge in [-0.25, -0.2) is 4.39 Å². The van der Waals surface area contributed by atoms with Crippen molar-refractivity contribution in [2.24, 2.45) is 0 Å². The quantitative estimate of drug-likeness (QED) is 0.772. The Hall–Kier alpha value is -1.42. The van der Waals surface area contributed by atoms with Crippen LogP contribution >= 0.6 is 11.6 Å². The van der Waals surface area contributed by atoms with E-state index in [1.54, 1.807) is 0 Å². The number of piperidine rings is 1. The van der Waals surface area contributed by atoms with Gasteiger partial charge in [0, 0.05) is 13.0 Å². The van der Waals surface area contributed by atoms with Crippen LogP contribution in [0.2, 0.25) is 5.02 Å². The molecule has 1 amide bonds. The minimum absolute atomic E-state index is 0.00652. The highest BCUT2D eigenvalue weighted by Gasteiger charge is 2.25. The van der Waals surface area contributed by atoms with Crippen LogP contribution in [0, 0.1) is 5.82 Å². The zero-order valence-electron chi connectivity index (χ0n) is 9.08. The number of halogens is 2. The molecule has 0 radical (unpaired) electrons. The third-order valence-corrected chi connectivity index (χ3v) is 3.01. The minimum Gasteiger partial charge on any atom is -0.331 e. The number of nitrogens with zero attached hydrogens (tertiary/aromatic N) is 1. The van der Waals surface area contributed by atoms with Crippen molar-refractivity contribution in [3.63, 3.8) is 0 Å². The maximum atomic E-state index is 13.6. The molecule has 1 aromatic rings. The zero-order chi connectivity index (χ0) is 12.4. The minimum atomic E-state index is -0.725. The zero-order valence-corrected chi connectivity index (χ0v) is 9.84. The number of carbonyl (C=O) groups is 2. The van der Waals surface area contributed by atoms with Gasteiger partial charge in [0.25, 0.3) is 5.91 Å². The molecule has 2 rings (SSSR count). The average molecular weight is 256 g/mol. The number of hydrogen-bond acceptors (Lipinski definition) is 2. The van der Waals surface area contributed by atoms with E-state index in [0.717, 1.165) is 0 Å². The second-order valence-corrected chi connectivity index (χ2v) is 4.38. The van der Waals surface area contributed by atoms with Gasteiger partial charge in [-0.2, -0.15) is 0 Å². The fourth-order valence-corrected chi connectivity index (χ4v) is 2.03. The predicted molar refractivity (Wildman–Crippen MR) is 61.6 cm³/mol. The molecule has 1 aliphatic heterocycles. The normalized spacial score (nSPS) is 16.1. The summed E-state index contributed by atoms with van der Waals surface area (Å²) in [6, 6.07) is 4.28. The van der Waals surface area contributed by atoms with Crippen LogP contribution in [0.25, 0.3) is 0 Å². The average Bonchev–Trinajstić information content (AvgIpc) is 2.32. The molecule has 5 heteroatoms. The lowest BCUT2D eigenvalue weighted by Crippen LogP contribution is -2.40. The molecule has 0 N–H and O–H groups in total. The van der Waals surface area contributed by atoms with E-state index in [-0.39, 0.29) is 22.9 Å². The molecule has 17 heavy (non-hydrogen) atoms. The lowest BCUT2D eigenvalue weighted by atomic mass is 10.1. The van der Waals surface area contributed by atoms with Gasteiger partial charge < -0.3 is 4.90 Å². The fourth-order valence-electron chi connectivity index (χ4n) is 1.85. The maximum Gasteiger partial charge on any atom is 0.257 e. The van der Waals surface area contributed by atoms with Gasteiger partial charge in [0.05, 0.1) is 17.1 Å². The smallest absolute Gasteiger partial charge is 0.257 e. The van der Waals surface area contributed by atoms with Crippen LogP contribution in [0.1, 0.15) is 23.2 Å². The second-order valence-electron chi connectivity index (χ2n) is 3.97.